The highest BCUT2D eigenvalue weighted by Crippen LogP contribution is 2.12. The Morgan fingerprint density at radius 3 is 2.23 bits per heavy atom. The highest BCUT2D eigenvalue weighted by atomic mass is 35.5. The molecule has 0 atom stereocenters. The average molecular weight is 317 g/mol. The minimum Gasteiger partial charge on any atom is -0.352 e. The van der Waals surface area contributed by atoms with Gasteiger partial charge in [0.1, 0.15) is 0 Å². The molecule has 2 N–H and O–H groups in total. The number of hydrogen-bond acceptors (Lipinski definition) is 2. The predicted molar refractivity (Wildman–Crippen MR) is 88.2 cm³/mol. The van der Waals surface area contributed by atoms with Gasteiger partial charge < -0.3 is 10.6 Å². The molecule has 114 valence electrons. The van der Waals surface area contributed by atoms with E-state index in [4.69, 9.17) is 11.6 Å². The summed E-state index contributed by atoms with van der Waals surface area (Å²) in [5.74, 6) is -0.241. The Balaban J connectivity index is 1.94. The van der Waals surface area contributed by atoms with Crippen LogP contribution in [0.25, 0.3) is 0 Å². The topological polar surface area (TPSA) is 58.2 Å². The predicted octanol–water partition coefficient (Wildman–Crippen LogP) is 3.27. The van der Waals surface area contributed by atoms with Gasteiger partial charge in [0.05, 0.1) is 6.42 Å². The van der Waals surface area contributed by atoms with Crippen molar-refractivity contribution in [3.05, 3.63) is 64.7 Å². The molecular formula is C17H17ClN2O2. The molecule has 0 spiro atoms. The van der Waals surface area contributed by atoms with Crippen molar-refractivity contribution >= 4 is 29.1 Å². The lowest BCUT2D eigenvalue weighted by Gasteiger charge is -2.07. The highest BCUT2D eigenvalue weighted by molar-refractivity contribution is 6.30. The minimum absolute atomic E-state index is 0.118. The summed E-state index contributed by atoms with van der Waals surface area (Å²) in [4.78, 5) is 23.6. The molecule has 2 aromatic carbocycles. The number of benzene rings is 2. The molecular weight excluding hydrogens is 300 g/mol. The Bertz CT molecular complexity index is 651. The van der Waals surface area contributed by atoms with E-state index in [1.54, 1.807) is 36.4 Å². The van der Waals surface area contributed by atoms with Crippen molar-refractivity contribution in [3.63, 3.8) is 0 Å². The zero-order valence-electron chi connectivity index (χ0n) is 12.2. The number of halogens is 1. The molecule has 0 radical (unpaired) electrons. The highest BCUT2D eigenvalue weighted by Gasteiger charge is 2.06. The fourth-order valence-corrected chi connectivity index (χ4v) is 2.09. The van der Waals surface area contributed by atoms with E-state index in [-0.39, 0.29) is 18.2 Å². The Hall–Kier alpha value is -2.33. The van der Waals surface area contributed by atoms with Crippen molar-refractivity contribution in [2.24, 2.45) is 0 Å². The van der Waals surface area contributed by atoms with Crippen LogP contribution in [-0.2, 0) is 11.2 Å². The van der Waals surface area contributed by atoms with Gasteiger partial charge in [-0.05, 0) is 48.9 Å². The third-order valence-corrected chi connectivity index (χ3v) is 3.30. The normalized spacial score (nSPS) is 10.1. The smallest absolute Gasteiger partial charge is 0.251 e. The Kier molecular flexibility index (Phi) is 5.55. The number of carbonyl (C=O) groups is 2. The van der Waals surface area contributed by atoms with Gasteiger partial charge in [-0.15, -0.1) is 0 Å². The summed E-state index contributed by atoms with van der Waals surface area (Å²) < 4.78 is 0. The van der Waals surface area contributed by atoms with Crippen LogP contribution in [0.5, 0.6) is 0 Å². The van der Waals surface area contributed by atoms with E-state index < -0.39 is 0 Å². The van der Waals surface area contributed by atoms with E-state index in [1.165, 1.54) is 0 Å². The molecule has 2 aromatic rings. The van der Waals surface area contributed by atoms with E-state index >= 15 is 0 Å². The summed E-state index contributed by atoms with van der Waals surface area (Å²) in [6, 6.07) is 13.9. The van der Waals surface area contributed by atoms with Crippen LogP contribution in [-0.4, -0.2) is 18.4 Å². The van der Waals surface area contributed by atoms with Crippen LogP contribution >= 0.6 is 11.6 Å². The van der Waals surface area contributed by atoms with Gasteiger partial charge in [0.15, 0.2) is 0 Å². The second kappa shape index (κ2) is 7.61. The van der Waals surface area contributed by atoms with Gasteiger partial charge in [-0.2, -0.15) is 0 Å². The quantitative estimate of drug-likeness (QED) is 0.889. The van der Waals surface area contributed by atoms with Gasteiger partial charge in [-0.25, -0.2) is 0 Å². The first-order chi connectivity index (χ1) is 10.6. The van der Waals surface area contributed by atoms with Gasteiger partial charge in [-0.3, -0.25) is 9.59 Å². The van der Waals surface area contributed by atoms with Crippen molar-refractivity contribution in [1.82, 2.24) is 5.32 Å². The maximum absolute atomic E-state index is 12.0. The standard InChI is InChI=1S/C17H17ClN2O2/c1-2-19-17(22)13-5-9-15(10-6-13)20-16(21)11-12-3-7-14(18)8-4-12/h3-10H,2,11H2,1H3,(H,19,22)(H,20,21). The van der Waals surface area contributed by atoms with Crippen LogP contribution in [0, 0.1) is 0 Å². The molecule has 0 unspecified atom stereocenters. The van der Waals surface area contributed by atoms with E-state index in [2.05, 4.69) is 10.6 Å². The van der Waals surface area contributed by atoms with Gasteiger partial charge in [0.2, 0.25) is 5.91 Å². The fourth-order valence-electron chi connectivity index (χ4n) is 1.96. The van der Waals surface area contributed by atoms with Crippen molar-refractivity contribution in [2.45, 2.75) is 13.3 Å². The zero-order chi connectivity index (χ0) is 15.9. The van der Waals surface area contributed by atoms with E-state index in [0.717, 1.165) is 5.56 Å². The summed E-state index contributed by atoms with van der Waals surface area (Å²) in [6.07, 6.45) is 0.273. The number of carbonyl (C=O) groups excluding carboxylic acids is 2. The van der Waals surface area contributed by atoms with Gasteiger partial charge >= 0.3 is 0 Å². The summed E-state index contributed by atoms with van der Waals surface area (Å²) >= 11 is 5.81. The van der Waals surface area contributed by atoms with Gasteiger partial charge in [0, 0.05) is 22.8 Å². The summed E-state index contributed by atoms with van der Waals surface area (Å²) in [6.45, 7) is 2.45. The second-order valence-electron chi connectivity index (χ2n) is 4.79. The molecule has 0 heterocycles. The van der Waals surface area contributed by atoms with Crippen LogP contribution in [0.2, 0.25) is 5.02 Å². The average Bonchev–Trinajstić information content (AvgIpc) is 2.50. The second-order valence-corrected chi connectivity index (χ2v) is 5.22. The van der Waals surface area contributed by atoms with Gasteiger partial charge in [-0.1, -0.05) is 23.7 Å². The Morgan fingerprint density at radius 1 is 1.00 bits per heavy atom. The van der Waals surface area contributed by atoms with Crippen molar-refractivity contribution < 1.29 is 9.59 Å². The summed E-state index contributed by atoms with van der Waals surface area (Å²) in [7, 11) is 0. The summed E-state index contributed by atoms with van der Waals surface area (Å²) in [5.41, 5.74) is 2.12. The Labute approximate surface area is 134 Å². The fraction of sp³-hybridized carbons (Fsp3) is 0.176. The number of hydrogen-bond donors (Lipinski definition) is 2. The van der Waals surface area contributed by atoms with E-state index in [1.807, 2.05) is 19.1 Å². The first kappa shape index (κ1) is 16.0. The third-order valence-electron chi connectivity index (χ3n) is 3.05. The van der Waals surface area contributed by atoms with Gasteiger partial charge in [0.25, 0.3) is 5.91 Å². The number of rotatable bonds is 5. The molecule has 0 fully saturated rings. The zero-order valence-corrected chi connectivity index (χ0v) is 13.0. The first-order valence-corrected chi connectivity index (χ1v) is 7.39. The van der Waals surface area contributed by atoms with Crippen LogP contribution in [0.15, 0.2) is 48.5 Å². The largest absolute Gasteiger partial charge is 0.352 e. The van der Waals surface area contributed by atoms with Crippen LogP contribution in [0.3, 0.4) is 0 Å². The molecule has 0 aromatic heterocycles. The van der Waals surface area contributed by atoms with E-state index in [9.17, 15) is 9.59 Å². The molecule has 0 aliphatic heterocycles. The molecule has 2 rings (SSSR count). The monoisotopic (exact) mass is 316 g/mol. The van der Waals surface area contributed by atoms with Crippen molar-refractivity contribution in [1.29, 1.82) is 0 Å². The molecule has 0 saturated carbocycles. The lowest BCUT2D eigenvalue weighted by Crippen LogP contribution is -2.22. The van der Waals surface area contributed by atoms with Crippen LogP contribution in [0.1, 0.15) is 22.8 Å². The number of anilines is 1. The first-order valence-electron chi connectivity index (χ1n) is 7.01. The summed E-state index contributed by atoms with van der Waals surface area (Å²) in [5, 5.41) is 6.17. The third kappa shape index (κ3) is 4.60. The molecule has 22 heavy (non-hydrogen) atoms. The maximum Gasteiger partial charge on any atom is 0.251 e. The number of amides is 2. The maximum atomic E-state index is 12.0. The lowest BCUT2D eigenvalue weighted by molar-refractivity contribution is -0.115. The molecule has 0 aliphatic carbocycles. The molecule has 4 nitrogen and oxygen atoms in total. The molecule has 2 amide bonds. The lowest BCUT2D eigenvalue weighted by atomic mass is 10.1. The van der Waals surface area contributed by atoms with Crippen LogP contribution < -0.4 is 10.6 Å². The minimum atomic E-state index is -0.124. The SMILES string of the molecule is CCNC(=O)c1ccc(NC(=O)Cc2ccc(Cl)cc2)cc1. The van der Waals surface area contributed by atoms with Crippen molar-refractivity contribution in [3.8, 4) is 0 Å². The number of nitrogens with one attached hydrogen (secondary N) is 2. The van der Waals surface area contributed by atoms with E-state index in [0.29, 0.717) is 22.8 Å². The molecule has 0 bridgehead atoms. The molecule has 0 saturated heterocycles. The van der Waals surface area contributed by atoms with Crippen LogP contribution in [0.4, 0.5) is 5.69 Å². The molecule has 5 heteroatoms. The molecule has 0 aliphatic rings. The Morgan fingerprint density at radius 2 is 1.64 bits per heavy atom. The van der Waals surface area contributed by atoms with Crippen molar-refractivity contribution in [2.75, 3.05) is 11.9 Å².